The molecule has 1 aromatic rings. The summed E-state index contributed by atoms with van der Waals surface area (Å²) in [7, 11) is 0. The van der Waals surface area contributed by atoms with E-state index in [1.165, 1.54) is 5.57 Å². The van der Waals surface area contributed by atoms with E-state index in [1.807, 2.05) is 10.9 Å². The molecule has 0 saturated heterocycles. The first kappa shape index (κ1) is 8.23. The number of hydrogen-bond acceptors (Lipinski definition) is 2. The van der Waals surface area contributed by atoms with Crippen molar-refractivity contribution in [2.45, 2.75) is 26.3 Å². The Morgan fingerprint density at radius 1 is 1.54 bits per heavy atom. The van der Waals surface area contributed by atoms with Crippen LogP contribution >= 0.6 is 0 Å². The number of nitrogens with zero attached hydrogens (tertiary/aromatic N) is 3. The number of allylic oxidation sites excluding steroid dienone is 4. The van der Waals surface area contributed by atoms with Crippen LogP contribution in [0.2, 0.25) is 0 Å². The highest BCUT2D eigenvalue weighted by Crippen LogP contribution is 2.12. The van der Waals surface area contributed by atoms with Gasteiger partial charge >= 0.3 is 0 Å². The normalized spacial score (nSPS) is 15.0. The third-order valence-corrected chi connectivity index (χ3v) is 2.16. The second-order valence-electron chi connectivity index (χ2n) is 3.22. The molecule has 0 atom stereocenters. The van der Waals surface area contributed by atoms with Gasteiger partial charge < -0.3 is 0 Å². The largest absolute Gasteiger partial charge is 0.248 e. The third kappa shape index (κ3) is 1.86. The van der Waals surface area contributed by atoms with Crippen LogP contribution in [0.4, 0.5) is 0 Å². The van der Waals surface area contributed by atoms with Crippen LogP contribution in [-0.2, 0) is 13.0 Å². The summed E-state index contributed by atoms with van der Waals surface area (Å²) in [6, 6.07) is 0. The predicted molar refractivity (Wildman–Crippen MR) is 51.2 cm³/mol. The molecule has 0 aromatic carbocycles. The molecular weight excluding hydrogens is 162 g/mol. The van der Waals surface area contributed by atoms with Crippen molar-refractivity contribution in [3.05, 3.63) is 35.7 Å². The Kier molecular flexibility index (Phi) is 2.25. The van der Waals surface area contributed by atoms with Gasteiger partial charge in [0.25, 0.3) is 0 Å². The van der Waals surface area contributed by atoms with Crippen molar-refractivity contribution in [2.24, 2.45) is 0 Å². The lowest BCUT2D eigenvalue weighted by Crippen LogP contribution is -2.00. The highest BCUT2D eigenvalue weighted by atomic mass is 15.4. The first-order valence-electron chi connectivity index (χ1n) is 4.62. The second-order valence-corrected chi connectivity index (χ2v) is 3.22. The quantitative estimate of drug-likeness (QED) is 0.700. The summed E-state index contributed by atoms with van der Waals surface area (Å²) >= 11 is 0. The number of aryl methyl sites for hydroxylation is 1. The molecule has 1 aliphatic rings. The summed E-state index contributed by atoms with van der Waals surface area (Å²) < 4.78 is 1.90. The molecule has 13 heavy (non-hydrogen) atoms. The maximum absolute atomic E-state index is 4.05. The smallest absolute Gasteiger partial charge is 0.0824 e. The van der Waals surface area contributed by atoms with E-state index in [4.69, 9.17) is 0 Å². The van der Waals surface area contributed by atoms with Gasteiger partial charge in [0.1, 0.15) is 0 Å². The lowest BCUT2D eigenvalue weighted by Gasteiger charge is -1.99. The maximum atomic E-state index is 4.05. The Morgan fingerprint density at radius 3 is 3.08 bits per heavy atom. The summed E-state index contributed by atoms with van der Waals surface area (Å²) in [5.74, 6) is 0. The molecule has 68 valence electrons. The minimum Gasteiger partial charge on any atom is -0.248 e. The van der Waals surface area contributed by atoms with Gasteiger partial charge in [0, 0.05) is 6.20 Å². The van der Waals surface area contributed by atoms with E-state index in [0.29, 0.717) is 0 Å². The van der Waals surface area contributed by atoms with Crippen LogP contribution in [0.3, 0.4) is 0 Å². The molecule has 0 bridgehead atoms. The fraction of sp³-hybridized carbons (Fsp3) is 0.400. The second kappa shape index (κ2) is 3.56. The van der Waals surface area contributed by atoms with Gasteiger partial charge in [-0.05, 0) is 18.4 Å². The fourth-order valence-corrected chi connectivity index (χ4v) is 1.39. The molecule has 1 heterocycles. The minimum absolute atomic E-state index is 0.875. The lowest BCUT2D eigenvalue weighted by molar-refractivity contribution is 0.637. The van der Waals surface area contributed by atoms with E-state index in [2.05, 4.69) is 35.5 Å². The highest BCUT2D eigenvalue weighted by Gasteiger charge is 2.02. The third-order valence-electron chi connectivity index (χ3n) is 2.16. The minimum atomic E-state index is 0.875. The van der Waals surface area contributed by atoms with Crippen LogP contribution < -0.4 is 0 Å². The van der Waals surface area contributed by atoms with Crippen molar-refractivity contribution in [2.75, 3.05) is 0 Å². The van der Waals surface area contributed by atoms with E-state index >= 15 is 0 Å². The first-order valence-corrected chi connectivity index (χ1v) is 4.62. The molecule has 0 fully saturated rings. The van der Waals surface area contributed by atoms with E-state index in [0.717, 1.165) is 25.1 Å². The monoisotopic (exact) mass is 175 g/mol. The zero-order valence-electron chi connectivity index (χ0n) is 7.77. The van der Waals surface area contributed by atoms with Crippen molar-refractivity contribution < 1.29 is 0 Å². The number of rotatable bonds is 3. The van der Waals surface area contributed by atoms with Crippen LogP contribution in [0.25, 0.3) is 0 Å². The molecule has 0 N–H and O–H groups in total. The zero-order chi connectivity index (χ0) is 9.10. The summed E-state index contributed by atoms with van der Waals surface area (Å²) in [5, 5.41) is 8.09. The lowest BCUT2D eigenvalue weighted by atomic mass is 10.2. The standard InChI is InChI=1S/C10H13N3/c1-2-10-8-13(12-11-10)7-9-5-3-4-6-9/h3-5,8H,2,6-7H2,1H3. The van der Waals surface area contributed by atoms with Gasteiger partial charge in [-0.3, -0.25) is 0 Å². The molecule has 0 unspecified atom stereocenters. The van der Waals surface area contributed by atoms with Gasteiger partial charge in [0.05, 0.1) is 12.2 Å². The Balaban J connectivity index is 2.01. The molecule has 2 rings (SSSR count). The Labute approximate surface area is 77.8 Å². The molecule has 1 aliphatic carbocycles. The summed E-state index contributed by atoms with van der Waals surface area (Å²) in [6.45, 7) is 2.96. The van der Waals surface area contributed by atoms with Crippen LogP contribution in [0.5, 0.6) is 0 Å². The Morgan fingerprint density at radius 2 is 2.46 bits per heavy atom. The van der Waals surface area contributed by atoms with Gasteiger partial charge in [-0.2, -0.15) is 0 Å². The van der Waals surface area contributed by atoms with Crippen LogP contribution in [-0.4, -0.2) is 15.0 Å². The van der Waals surface area contributed by atoms with Crippen LogP contribution in [0.1, 0.15) is 19.0 Å². The maximum Gasteiger partial charge on any atom is 0.0824 e. The van der Waals surface area contributed by atoms with Crippen molar-refractivity contribution >= 4 is 0 Å². The SMILES string of the molecule is CCc1cn(CC2=CC=CC2)nn1. The van der Waals surface area contributed by atoms with E-state index in [-0.39, 0.29) is 0 Å². The molecule has 0 saturated carbocycles. The molecule has 1 aromatic heterocycles. The molecule has 0 amide bonds. The summed E-state index contributed by atoms with van der Waals surface area (Å²) in [5.41, 5.74) is 2.46. The average Bonchev–Trinajstić information content (AvgIpc) is 2.76. The van der Waals surface area contributed by atoms with E-state index in [9.17, 15) is 0 Å². The van der Waals surface area contributed by atoms with Crippen molar-refractivity contribution in [1.29, 1.82) is 0 Å². The van der Waals surface area contributed by atoms with Gasteiger partial charge in [0.2, 0.25) is 0 Å². The van der Waals surface area contributed by atoms with Crippen molar-refractivity contribution in [1.82, 2.24) is 15.0 Å². The van der Waals surface area contributed by atoms with Gasteiger partial charge in [0.15, 0.2) is 0 Å². The highest BCUT2D eigenvalue weighted by molar-refractivity contribution is 5.22. The fourth-order valence-electron chi connectivity index (χ4n) is 1.39. The number of hydrogen-bond donors (Lipinski definition) is 0. The summed E-state index contributed by atoms with van der Waals surface area (Å²) in [6.07, 6.45) is 10.4. The molecule has 3 nitrogen and oxygen atoms in total. The molecule has 0 spiro atoms. The molecule has 0 radical (unpaired) electrons. The molecule has 0 aliphatic heterocycles. The van der Waals surface area contributed by atoms with Crippen LogP contribution in [0.15, 0.2) is 30.0 Å². The van der Waals surface area contributed by atoms with Crippen molar-refractivity contribution in [3.8, 4) is 0 Å². The predicted octanol–water partition coefficient (Wildman–Crippen LogP) is 1.73. The average molecular weight is 175 g/mol. The van der Waals surface area contributed by atoms with Gasteiger partial charge in [-0.15, -0.1) is 5.10 Å². The Bertz CT molecular complexity index is 347. The first-order chi connectivity index (χ1) is 6.38. The Hall–Kier alpha value is -1.38. The van der Waals surface area contributed by atoms with Gasteiger partial charge in [-0.1, -0.05) is 30.4 Å². The van der Waals surface area contributed by atoms with Crippen molar-refractivity contribution in [3.63, 3.8) is 0 Å². The van der Waals surface area contributed by atoms with Gasteiger partial charge in [-0.25, -0.2) is 4.68 Å². The van der Waals surface area contributed by atoms with E-state index < -0.39 is 0 Å². The van der Waals surface area contributed by atoms with E-state index in [1.54, 1.807) is 0 Å². The summed E-state index contributed by atoms with van der Waals surface area (Å²) in [4.78, 5) is 0. The van der Waals surface area contributed by atoms with Crippen LogP contribution in [0, 0.1) is 0 Å². The molecular formula is C10H13N3. The molecule has 3 heteroatoms. The zero-order valence-corrected chi connectivity index (χ0v) is 7.77. The topological polar surface area (TPSA) is 30.7 Å². The number of aromatic nitrogens is 3.